The van der Waals surface area contributed by atoms with Crippen LogP contribution in [-0.4, -0.2) is 31.3 Å². The number of hydrogen-bond donors (Lipinski definition) is 0. The SMILES string of the molecule is CCOC(=O)[C@H](CCOc1ccccc1)OC(C)=O. The molecule has 0 aliphatic rings. The van der Waals surface area contributed by atoms with Gasteiger partial charge in [-0.25, -0.2) is 4.79 Å². The molecule has 0 heterocycles. The lowest BCUT2D eigenvalue weighted by Crippen LogP contribution is -2.30. The molecule has 1 aromatic carbocycles. The second-order valence-electron chi connectivity index (χ2n) is 3.80. The van der Waals surface area contributed by atoms with Crippen molar-refractivity contribution in [1.29, 1.82) is 0 Å². The summed E-state index contributed by atoms with van der Waals surface area (Å²) in [5.41, 5.74) is 0. The minimum Gasteiger partial charge on any atom is -0.493 e. The van der Waals surface area contributed by atoms with E-state index in [1.807, 2.05) is 30.3 Å². The third-order valence-electron chi connectivity index (χ3n) is 2.25. The van der Waals surface area contributed by atoms with E-state index in [2.05, 4.69) is 0 Å². The van der Waals surface area contributed by atoms with Crippen molar-refractivity contribution < 1.29 is 23.8 Å². The zero-order chi connectivity index (χ0) is 14.1. The van der Waals surface area contributed by atoms with E-state index in [0.29, 0.717) is 5.75 Å². The molecule has 0 radical (unpaired) electrons. The van der Waals surface area contributed by atoms with Crippen LogP contribution in [0.2, 0.25) is 0 Å². The van der Waals surface area contributed by atoms with Gasteiger partial charge in [-0.3, -0.25) is 4.79 Å². The molecule has 1 atom stereocenters. The Morgan fingerprint density at radius 3 is 2.47 bits per heavy atom. The van der Waals surface area contributed by atoms with E-state index in [4.69, 9.17) is 14.2 Å². The predicted molar refractivity (Wildman–Crippen MR) is 68.7 cm³/mol. The van der Waals surface area contributed by atoms with Crippen LogP contribution in [0.1, 0.15) is 20.3 Å². The molecular weight excluding hydrogens is 248 g/mol. The van der Waals surface area contributed by atoms with Crippen LogP contribution in [0.25, 0.3) is 0 Å². The summed E-state index contributed by atoms with van der Waals surface area (Å²) in [7, 11) is 0. The number of carbonyl (C=O) groups is 2. The summed E-state index contributed by atoms with van der Waals surface area (Å²) < 4.78 is 15.2. The summed E-state index contributed by atoms with van der Waals surface area (Å²) in [5, 5.41) is 0. The van der Waals surface area contributed by atoms with Crippen molar-refractivity contribution in [2.75, 3.05) is 13.2 Å². The van der Waals surface area contributed by atoms with Gasteiger partial charge in [-0.15, -0.1) is 0 Å². The van der Waals surface area contributed by atoms with Gasteiger partial charge in [0, 0.05) is 13.3 Å². The topological polar surface area (TPSA) is 61.8 Å². The second kappa shape index (κ2) is 8.13. The Kier molecular flexibility index (Phi) is 6.43. The largest absolute Gasteiger partial charge is 0.493 e. The van der Waals surface area contributed by atoms with E-state index in [1.54, 1.807) is 6.92 Å². The van der Waals surface area contributed by atoms with Gasteiger partial charge in [-0.05, 0) is 19.1 Å². The number of ether oxygens (including phenoxy) is 3. The van der Waals surface area contributed by atoms with Crippen molar-refractivity contribution in [2.24, 2.45) is 0 Å². The van der Waals surface area contributed by atoms with E-state index in [-0.39, 0.29) is 19.6 Å². The van der Waals surface area contributed by atoms with Crippen LogP contribution in [0.5, 0.6) is 5.75 Å². The molecule has 5 heteroatoms. The average Bonchev–Trinajstić information content (AvgIpc) is 2.38. The molecule has 0 spiro atoms. The molecule has 0 N–H and O–H groups in total. The van der Waals surface area contributed by atoms with Crippen LogP contribution in [0.3, 0.4) is 0 Å². The molecule has 19 heavy (non-hydrogen) atoms. The summed E-state index contributed by atoms with van der Waals surface area (Å²) in [4.78, 5) is 22.5. The highest BCUT2D eigenvalue weighted by Gasteiger charge is 2.22. The molecule has 0 bridgehead atoms. The first-order chi connectivity index (χ1) is 9.13. The number of para-hydroxylation sites is 1. The smallest absolute Gasteiger partial charge is 0.347 e. The number of esters is 2. The Balaban J connectivity index is 2.44. The quantitative estimate of drug-likeness (QED) is 0.706. The molecule has 1 aromatic rings. The van der Waals surface area contributed by atoms with E-state index in [1.165, 1.54) is 6.92 Å². The Bertz CT molecular complexity index is 402. The zero-order valence-electron chi connectivity index (χ0n) is 11.1. The van der Waals surface area contributed by atoms with Crippen molar-refractivity contribution in [3.8, 4) is 5.75 Å². The first-order valence-electron chi connectivity index (χ1n) is 6.15. The maximum absolute atomic E-state index is 11.6. The number of rotatable bonds is 7. The maximum Gasteiger partial charge on any atom is 0.347 e. The Morgan fingerprint density at radius 2 is 1.89 bits per heavy atom. The molecule has 0 aromatic heterocycles. The lowest BCUT2D eigenvalue weighted by Gasteiger charge is -2.15. The molecule has 0 aliphatic heterocycles. The fourth-order valence-electron chi connectivity index (χ4n) is 1.46. The van der Waals surface area contributed by atoms with Crippen molar-refractivity contribution in [3.63, 3.8) is 0 Å². The van der Waals surface area contributed by atoms with Crippen LogP contribution in [0.15, 0.2) is 30.3 Å². The fraction of sp³-hybridized carbons (Fsp3) is 0.429. The van der Waals surface area contributed by atoms with Gasteiger partial charge in [-0.2, -0.15) is 0 Å². The summed E-state index contributed by atoms with van der Waals surface area (Å²) >= 11 is 0. The first-order valence-corrected chi connectivity index (χ1v) is 6.15. The molecule has 0 aliphatic carbocycles. The van der Waals surface area contributed by atoms with Crippen LogP contribution in [-0.2, 0) is 19.1 Å². The van der Waals surface area contributed by atoms with Gasteiger partial charge in [-0.1, -0.05) is 18.2 Å². The lowest BCUT2D eigenvalue weighted by molar-refractivity contribution is -0.167. The third kappa shape index (κ3) is 5.90. The highest BCUT2D eigenvalue weighted by atomic mass is 16.6. The first kappa shape index (κ1) is 15.0. The van der Waals surface area contributed by atoms with Crippen molar-refractivity contribution in [3.05, 3.63) is 30.3 Å². The summed E-state index contributed by atoms with van der Waals surface area (Å²) in [6.45, 7) is 3.46. The number of carbonyl (C=O) groups excluding carboxylic acids is 2. The minimum absolute atomic E-state index is 0.246. The normalized spacial score (nSPS) is 11.5. The predicted octanol–water partition coefficient (Wildman–Crippen LogP) is 1.95. The van der Waals surface area contributed by atoms with Crippen molar-refractivity contribution >= 4 is 11.9 Å². The van der Waals surface area contributed by atoms with Crippen LogP contribution in [0, 0.1) is 0 Å². The Morgan fingerprint density at radius 1 is 1.21 bits per heavy atom. The van der Waals surface area contributed by atoms with E-state index < -0.39 is 18.0 Å². The number of benzene rings is 1. The van der Waals surface area contributed by atoms with Gasteiger partial charge < -0.3 is 14.2 Å². The zero-order valence-corrected chi connectivity index (χ0v) is 11.1. The summed E-state index contributed by atoms with van der Waals surface area (Å²) in [5.74, 6) is -0.361. The van der Waals surface area contributed by atoms with Gasteiger partial charge >= 0.3 is 11.9 Å². The Hall–Kier alpha value is -2.04. The van der Waals surface area contributed by atoms with E-state index in [0.717, 1.165) is 0 Å². The lowest BCUT2D eigenvalue weighted by atomic mass is 10.2. The average molecular weight is 266 g/mol. The Labute approximate surface area is 112 Å². The summed E-state index contributed by atoms with van der Waals surface area (Å²) in [6, 6.07) is 9.21. The van der Waals surface area contributed by atoms with Gasteiger partial charge in [0.15, 0.2) is 0 Å². The molecule has 0 saturated carbocycles. The monoisotopic (exact) mass is 266 g/mol. The van der Waals surface area contributed by atoms with Gasteiger partial charge in [0.2, 0.25) is 6.10 Å². The minimum atomic E-state index is -0.916. The van der Waals surface area contributed by atoms with Crippen LogP contribution in [0.4, 0.5) is 0 Å². The molecule has 0 fully saturated rings. The highest BCUT2D eigenvalue weighted by molar-refractivity contribution is 5.78. The molecule has 0 amide bonds. The van der Waals surface area contributed by atoms with Crippen molar-refractivity contribution in [2.45, 2.75) is 26.4 Å². The van der Waals surface area contributed by atoms with E-state index >= 15 is 0 Å². The van der Waals surface area contributed by atoms with Crippen molar-refractivity contribution in [1.82, 2.24) is 0 Å². The van der Waals surface area contributed by atoms with Gasteiger partial charge in [0.1, 0.15) is 5.75 Å². The molecule has 0 saturated heterocycles. The fourth-order valence-corrected chi connectivity index (χ4v) is 1.46. The molecule has 5 nitrogen and oxygen atoms in total. The number of hydrogen-bond acceptors (Lipinski definition) is 5. The molecule has 104 valence electrons. The van der Waals surface area contributed by atoms with Gasteiger partial charge in [0.25, 0.3) is 0 Å². The standard InChI is InChI=1S/C14H18O5/c1-3-17-14(16)13(19-11(2)15)9-10-18-12-7-5-4-6-8-12/h4-8,13H,3,9-10H2,1-2H3/t13-/m0/s1. The molecule has 1 rings (SSSR count). The molecule has 0 unspecified atom stereocenters. The van der Waals surface area contributed by atoms with Crippen LogP contribution < -0.4 is 4.74 Å². The highest BCUT2D eigenvalue weighted by Crippen LogP contribution is 2.10. The third-order valence-corrected chi connectivity index (χ3v) is 2.25. The van der Waals surface area contributed by atoms with E-state index in [9.17, 15) is 9.59 Å². The second-order valence-corrected chi connectivity index (χ2v) is 3.80. The van der Waals surface area contributed by atoms with Crippen LogP contribution >= 0.6 is 0 Å². The van der Waals surface area contributed by atoms with Gasteiger partial charge in [0.05, 0.1) is 13.2 Å². The molecular formula is C14H18O5. The summed E-state index contributed by atoms with van der Waals surface area (Å²) in [6.07, 6.45) is -0.658. The maximum atomic E-state index is 11.6.